The maximum Gasteiger partial charge on any atom is 0.410 e. The summed E-state index contributed by atoms with van der Waals surface area (Å²) in [5.41, 5.74) is 5.53. The lowest BCUT2D eigenvalue weighted by Gasteiger charge is -2.35. The van der Waals surface area contributed by atoms with Crippen LogP contribution >= 0.6 is 0 Å². The molecular formula is C32H40N4O4. The molecule has 3 saturated heterocycles. The number of pyridine rings is 1. The zero-order chi connectivity index (χ0) is 27.6. The highest BCUT2D eigenvalue weighted by atomic mass is 16.6. The maximum absolute atomic E-state index is 13.2. The summed E-state index contributed by atoms with van der Waals surface area (Å²) in [5.74, 6) is 2.12. The van der Waals surface area contributed by atoms with Crippen LogP contribution in [0, 0.1) is 6.92 Å². The molecule has 1 N–H and O–H groups in total. The number of piperidine rings is 2. The minimum Gasteiger partial charge on any atom is -0.497 e. The average Bonchev–Trinajstić information content (AvgIpc) is 3.38. The Morgan fingerprint density at radius 1 is 1.00 bits per heavy atom. The van der Waals surface area contributed by atoms with Crippen LogP contribution in [0.25, 0.3) is 10.9 Å². The van der Waals surface area contributed by atoms with Crippen molar-refractivity contribution in [3.63, 3.8) is 0 Å². The van der Waals surface area contributed by atoms with Crippen LogP contribution in [0.3, 0.4) is 0 Å². The first-order valence-corrected chi connectivity index (χ1v) is 14.5. The first kappa shape index (κ1) is 26.8. The SMILES string of the molecule is COc1ccc2nc(C3CCNCC3)cc([C@H]3CN(C4CCN(Cc5ccc(OC)c(C)c5)CC4)C(=O)O3)c2c1. The van der Waals surface area contributed by atoms with E-state index < -0.39 is 0 Å². The highest BCUT2D eigenvalue weighted by Gasteiger charge is 2.39. The summed E-state index contributed by atoms with van der Waals surface area (Å²) in [4.78, 5) is 22.7. The molecule has 1 aromatic heterocycles. The van der Waals surface area contributed by atoms with Gasteiger partial charge in [0.1, 0.15) is 17.6 Å². The standard InChI is InChI=1S/C32H40N4O4/c1-21-16-22(4-7-30(21)39-3)19-35-14-10-24(11-15-35)36-20-31(40-32(36)37)27-18-29(23-8-12-33-13-9-23)34-28-6-5-25(38-2)17-26(27)28/h4-7,16-18,23-24,31,33H,8-15,19-20H2,1-3H3/t31-/m1/s1. The van der Waals surface area contributed by atoms with E-state index in [1.165, 1.54) is 5.56 Å². The van der Waals surface area contributed by atoms with E-state index >= 15 is 0 Å². The summed E-state index contributed by atoms with van der Waals surface area (Å²) >= 11 is 0. The van der Waals surface area contributed by atoms with Crippen molar-refractivity contribution in [3.8, 4) is 11.5 Å². The second-order valence-electron chi connectivity index (χ2n) is 11.4. The summed E-state index contributed by atoms with van der Waals surface area (Å²) in [6, 6.07) is 14.8. The van der Waals surface area contributed by atoms with Gasteiger partial charge in [-0.1, -0.05) is 12.1 Å². The maximum atomic E-state index is 13.2. The molecular weight excluding hydrogens is 504 g/mol. The second kappa shape index (κ2) is 11.6. The van der Waals surface area contributed by atoms with Gasteiger partial charge in [-0.3, -0.25) is 9.88 Å². The number of nitrogens with one attached hydrogen (secondary N) is 1. The topological polar surface area (TPSA) is 76.2 Å². The molecule has 3 aliphatic rings. The Kier molecular flexibility index (Phi) is 7.80. The van der Waals surface area contributed by atoms with Crippen molar-refractivity contribution in [1.29, 1.82) is 0 Å². The number of amides is 1. The van der Waals surface area contributed by atoms with E-state index in [1.807, 2.05) is 29.2 Å². The van der Waals surface area contributed by atoms with Crippen LogP contribution in [0.15, 0.2) is 42.5 Å². The summed E-state index contributed by atoms with van der Waals surface area (Å²) < 4.78 is 17.0. The molecule has 0 unspecified atom stereocenters. The van der Waals surface area contributed by atoms with Crippen molar-refractivity contribution in [3.05, 3.63) is 64.8 Å². The minimum atomic E-state index is -0.314. The summed E-state index contributed by atoms with van der Waals surface area (Å²) in [5, 5.41) is 4.45. The first-order valence-electron chi connectivity index (χ1n) is 14.5. The van der Waals surface area contributed by atoms with Crippen molar-refractivity contribution < 1.29 is 19.0 Å². The Morgan fingerprint density at radius 2 is 1.80 bits per heavy atom. The molecule has 8 heteroatoms. The third-order valence-electron chi connectivity index (χ3n) is 8.88. The molecule has 3 aromatic rings. The van der Waals surface area contributed by atoms with Crippen molar-refractivity contribution in [2.24, 2.45) is 0 Å². The molecule has 0 bridgehead atoms. The number of fused-ring (bicyclic) bond motifs is 1. The lowest BCUT2D eigenvalue weighted by molar-refractivity contribution is 0.110. The quantitative estimate of drug-likeness (QED) is 0.439. The number of benzene rings is 2. The molecule has 212 valence electrons. The number of carbonyl (C=O) groups excluding carboxylic acids is 1. The molecule has 3 fully saturated rings. The molecule has 0 aliphatic carbocycles. The zero-order valence-electron chi connectivity index (χ0n) is 23.8. The summed E-state index contributed by atoms with van der Waals surface area (Å²) in [6.07, 6.45) is 3.51. The van der Waals surface area contributed by atoms with E-state index in [-0.39, 0.29) is 18.2 Å². The average molecular weight is 545 g/mol. The van der Waals surface area contributed by atoms with Gasteiger partial charge in [0.2, 0.25) is 0 Å². The minimum absolute atomic E-state index is 0.192. The van der Waals surface area contributed by atoms with Crippen molar-refractivity contribution in [1.82, 2.24) is 20.1 Å². The van der Waals surface area contributed by atoms with Crippen molar-refractivity contribution in [2.75, 3.05) is 46.9 Å². The molecule has 2 aromatic carbocycles. The number of ether oxygens (including phenoxy) is 3. The Morgan fingerprint density at radius 3 is 2.52 bits per heavy atom. The Hall–Kier alpha value is -3.36. The number of methoxy groups -OCH3 is 2. The monoisotopic (exact) mass is 544 g/mol. The van der Waals surface area contributed by atoms with Gasteiger partial charge in [0.05, 0.1) is 26.3 Å². The van der Waals surface area contributed by atoms with E-state index in [1.54, 1.807) is 14.2 Å². The lowest BCUT2D eigenvalue weighted by Crippen LogP contribution is -2.45. The molecule has 40 heavy (non-hydrogen) atoms. The smallest absolute Gasteiger partial charge is 0.410 e. The van der Waals surface area contributed by atoms with Gasteiger partial charge in [0, 0.05) is 48.2 Å². The van der Waals surface area contributed by atoms with E-state index in [0.717, 1.165) is 97.6 Å². The summed E-state index contributed by atoms with van der Waals surface area (Å²) in [6.45, 7) is 7.49. The molecule has 1 atom stereocenters. The number of cyclic esters (lactones) is 1. The molecule has 8 nitrogen and oxygen atoms in total. The Bertz CT molecular complexity index is 1360. The van der Waals surface area contributed by atoms with Gasteiger partial charge in [-0.2, -0.15) is 0 Å². The number of aryl methyl sites for hydroxylation is 1. The molecule has 3 aliphatic heterocycles. The number of nitrogens with zero attached hydrogens (tertiary/aromatic N) is 3. The van der Waals surface area contributed by atoms with Gasteiger partial charge in [0.15, 0.2) is 0 Å². The summed E-state index contributed by atoms with van der Waals surface area (Å²) in [7, 11) is 3.39. The Balaban J connectivity index is 1.17. The molecule has 0 saturated carbocycles. The van der Waals surface area contributed by atoms with Gasteiger partial charge < -0.3 is 24.4 Å². The molecule has 0 radical (unpaired) electrons. The van der Waals surface area contributed by atoms with Gasteiger partial charge in [0.25, 0.3) is 0 Å². The third kappa shape index (κ3) is 5.47. The normalized spacial score (nSPS) is 21.1. The fourth-order valence-corrected chi connectivity index (χ4v) is 6.60. The molecule has 0 spiro atoms. The number of aromatic nitrogens is 1. The fraction of sp³-hybridized carbons (Fsp3) is 0.500. The van der Waals surface area contributed by atoms with Crippen LogP contribution in [0.1, 0.15) is 60.1 Å². The van der Waals surface area contributed by atoms with Gasteiger partial charge in [-0.05, 0) is 87.2 Å². The number of hydrogen-bond acceptors (Lipinski definition) is 7. The van der Waals surface area contributed by atoms with Crippen LogP contribution in [0.4, 0.5) is 4.79 Å². The van der Waals surface area contributed by atoms with Gasteiger partial charge in [-0.25, -0.2) is 4.79 Å². The van der Waals surface area contributed by atoms with Crippen LogP contribution in [-0.2, 0) is 11.3 Å². The van der Waals surface area contributed by atoms with E-state index in [4.69, 9.17) is 19.2 Å². The van der Waals surface area contributed by atoms with Gasteiger partial charge in [-0.15, -0.1) is 0 Å². The number of hydrogen-bond donors (Lipinski definition) is 1. The zero-order valence-corrected chi connectivity index (χ0v) is 23.8. The highest BCUT2D eigenvalue weighted by molar-refractivity contribution is 5.85. The number of carbonyl (C=O) groups is 1. The fourth-order valence-electron chi connectivity index (χ4n) is 6.60. The van der Waals surface area contributed by atoms with Crippen LogP contribution in [0.5, 0.6) is 11.5 Å². The van der Waals surface area contributed by atoms with Crippen LogP contribution in [-0.4, -0.2) is 73.9 Å². The Labute approximate surface area is 236 Å². The van der Waals surface area contributed by atoms with Crippen LogP contribution < -0.4 is 14.8 Å². The number of rotatable bonds is 7. The van der Waals surface area contributed by atoms with Gasteiger partial charge >= 0.3 is 6.09 Å². The van der Waals surface area contributed by atoms with E-state index in [2.05, 4.69) is 35.3 Å². The molecule has 1 amide bonds. The molecule has 4 heterocycles. The van der Waals surface area contributed by atoms with Crippen LogP contribution in [0.2, 0.25) is 0 Å². The van der Waals surface area contributed by atoms with E-state index in [9.17, 15) is 4.79 Å². The molecule has 6 rings (SSSR count). The lowest BCUT2D eigenvalue weighted by atomic mass is 9.91. The highest BCUT2D eigenvalue weighted by Crippen LogP contribution is 2.37. The van der Waals surface area contributed by atoms with Crippen molar-refractivity contribution >= 4 is 17.0 Å². The van der Waals surface area contributed by atoms with Crippen molar-refractivity contribution in [2.45, 2.75) is 57.2 Å². The second-order valence-corrected chi connectivity index (χ2v) is 11.4. The number of likely N-dealkylation sites (tertiary alicyclic amines) is 1. The predicted octanol–water partition coefficient (Wildman–Crippen LogP) is 5.19. The van der Waals surface area contributed by atoms with E-state index in [0.29, 0.717) is 12.5 Å². The first-order chi connectivity index (χ1) is 19.5. The largest absolute Gasteiger partial charge is 0.497 e. The predicted molar refractivity (Wildman–Crippen MR) is 155 cm³/mol. The third-order valence-corrected chi connectivity index (χ3v) is 8.88.